The summed E-state index contributed by atoms with van der Waals surface area (Å²) in [7, 11) is 1.65. The molecule has 1 aromatic carbocycles. The molecule has 0 unspecified atom stereocenters. The molecule has 100 valence electrons. The zero-order valence-electron chi connectivity index (χ0n) is 11.2. The van der Waals surface area contributed by atoms with Crippen LogP contribution in [0.1, 0.15) is 5.69 Å². The van der Waals surface area contributed by atoms with E-state index in [-0.39, 0.29) is 6.10 Å². The number of aromatic nitrogens is 1. The van der Waals surface area contributed by atoms with Crippen molar-refractivity contribution >= 4 is 16.6 Å². The van der Waals surface area contributed by atoms with Crippen LogP contribution in [-0.4, -0.2) is 42.5 Å². The highest BCUT2D eigenvalue weighted by molar-refractivity contribution is 5.92. The summed E-state index contributed by atoms with van der Waals surface area (Å²) in [6.45, 7) is 3.31. The molecule has 2 atom stereocenters. The zero-order chi connectivity index (χ0) is 13.4. The quantitative estimate of drug-likeness (QED) is 0.891. The Morgan fingerprint density at radius 2 is 2.11 bits per heavy atom. The summed E-state index contributed by atoms with van der Waals surface area (Å²) in [5.74, 6) is 0. The molecule has 3 rings (SSSR count). The van der Waals surface area contributed by atoms with Crippen LogP contribution in [0.3, 0.4) is 0 Å². The highest BCUT2D eigenvalue weighted by Gasteiger charge is 2.32. The Labute approximate surface area is 112 Å². The van der Waals surface area contributed by atoms with Gasteiger partial charge in [-0.1, -0.05) is 18.2 Å². The van der Waals surface area contributed by atoms with Gasteiger partial charge in [0.25, 0.3) is 0 Å². The number of pyridine rings is 1. The molecule has 0 spiro atoms. The minimum Gasteiger partial charge on any atom is -0.388 e. The summed E-state index contributed by atoms with van der Waals surface area (Å²) >= 11 is 0. The molecule has 1 aromatic heterocycles. The largest absolute Gasteiger partial charge is 0.388 e. The Morgan fingerprint density at radius 1 is 1.32 bits per heavy atom. The number of ether oxygens (including phenoxy) is 1. The molecule has 1 fully saturated rings. The highest BCUT2D eigenvalue weighted by Crippen LogP contribution is 2.29. The zero-order valence-corrected chi connectivity index (χ0v) is 11.2. The van der Waals surface area contributed by atoms with E-state index in [1.54, 1.807) is 7.11 Å². The van der Waals surface area contributed by atoms with Crippen molar-refractivity contribution in [2.45, 2.75) is 19.1 Å². The minimum atomic E-state index is -0.433. The van der Waals surface area contributed by atoms with Crippen LogP contribution in [-0.2, 0) is 4.74 Å². The molecule has 4 heteroatoms. The fourth-order valence-corrected chi connectivity index (χ4v) is 2.73. The minimum absolute atomic E-state index is 0.118. The van der Waals surface area contributed by atoms with Crippen molar-refractivity contribution in [3.05, 3.63) is 36.0 Å². The van der Waals surface area contributed by atoms with E-state index in [9.17, 15) is 5.11 Å². The van der Waals surface area contributed by atoms with E-state index in [1.165, 1.54) is 0 Å². The van der Waals surface area contributed by atoms with Crippen molar-refractivity contribution in [3.8, 4) is 0 Å². The maximum absolute atomic E-state index is 9.98. The van der Waals surface area contributed by atoms with E-state index < -0.39 is 6.10 Å². The standard InChI is InChI=1S/C15H18N2O2/c1-10-7-13(11-5-3-4-6-12(11)16-10)17-8-14(18)15(9-17)19-2/h3-7,14-15,18H,8-9H2,1-2H3/t14-,15-/m0/s1. The van der Waals surface area contributed by atoms with Crippen LogP contribution in [0.5, 0.6) is 0 Å². The lowest BCUT2D eigenvalue weighted by Crippen LogP contribution is -2.25. The normalized spacial score (nSPS) is 23.2. The molecular formula is C15H18N2O2. The van der Waals surface area contributed by atoms with Crippen LogP contribution in [0.4, 0.5) is 5.69 Å². The van der Waals surface area contributed by atoms with Crippen LogP contribution in [0.25, 0.3) is 10.9 Å². The highest BCUT2D eigenvalue weighted by atomic mass is 16.5. The third-order valence-electron chi connectivity index (χ3n) is 3.70. The average Bonchev–Trinajstić information content (AvgIpc) is 2.79. The van der Waals surface area contributed by atoms with E-state index in [0.717, 1.165) is 22.3 Å². The number of anilines is 1. The number of nitrogens with zero attached hydrogens (tertiary/aromatic N) is 2. The van der Waals surface area contributed by atoms with Crippen LogP contribution < -0.4 is 4.90 Å². The molecule has 2 heterocycles. The number of fused-ring (bicyclic) bond motifs is 1. The van der Waals surface area contributed by atoms with E-state index in [1.807, 2.05) is 25.1 Å². The first-order chi connectivity index (χ1) is 9.19. The third-order valence-corrected chi connectivity index (χ3v) is 3.70. The molecule has 19 heavy (non-hydrogen) atoms. The number of hydrogen-bond donors (Lipinski definition) is 1. The van der Waals surface area contributed by atoms with E-state index in [2.05, 4.69) is 22.0 Å². The molecule has 1 aliphatic rings. The van der Waals surface area contributed by atoms with Crippen molar-refractivity contribution < 1.29 is 9.84 Å². The van der Waals surface area contributed by atoms with Crippen molar-refractivity contribution in [2.75, 3.05) is 25.1 Å². The lowest BCUT2D eigenvalue weighted by Gasteiger charge is -2.20. The fourth-order valence-electron chi connectivity index (χ4n) is 2.73. The lowest BCUT2D eigenvalue weighted by molar-refractivity contribution is 0.0217. The van der Waals surface area contributed by atoms with Gasteiger partial charge >= 0.3 is 0 Å². The third kappa shape index (κ3) is 2.17. The SMILES string of the molecule is CO[C@H]1CN(c2cc(C)nc3ccccc23)C[C@@H]1O. The van der Waals surface area contributed by atoms with Gasteiger partial charge in [0.05, 0.1) is 11.6 Å². The molecule has 1 N–H and O–H groups in total. The van der Waals surface area contributed by atoms with E-state index in [4.69, 9.17) is 4.74 Å². The fraction of sp³-hybridized carbons (Fsp3) is 0.400. The van der Waals surface area contributed by atoms with Gasteiger partial charge in [0.1, 0.15) is 6.10 Å². The van der Waals surface area contributed by atoms with Gasteiger partial charge in [-0.15, -0.1) is 0 Å². The van der Waals surface area contributed by atoms with Crippen LogP contribution in [0.15, 0.2) is 30.3 Å². The number of para-hydroxylation sites is 1. The molecule has 0 aliphatic carbocycles. The second kappa shape index (κ2) is 4.79. The van der Waals surface area contributed by atoms with Gasteiger partial charge < -0.3 is 14.7 Å². The van der Waals surface area contributed by atoms with Gasteiger partial charge in [-0.05, 0) is 19.1 Å². The number of methoxy groups -OCH3 is 1. The summed E-state index contributed by atoms with van der Waals surface area (Å²) in [6.07, 6.45) is -0.551. The van der Waals surface area contributed by atoms with Gasteiger partial charge in [-0.2, -0.15) is 0 Å². The Balaban J connectivity index is 2.05. The van der Waals surface area contributed by atoms with Crippen LogP contribution in [0.2, 0.25) is 0 Å². The molecule has 2 aromatic rings. The first-order valence-electron chi connectivity index (χ1n) is 6.51. The summed E-state index contributed by atoms with van der Waals surface area (Å²) < 4.78 is 5.31. The van der Waals surface area contributed by atoms with Crippen LogP contribution in [0, 0.1) is 6.92 Å². The second-order valence-electron chi connectivity index (χ2n) is 5.05. The summed E-state index contributed by atoms with van der Waals surface area (Å²) in [4.78, 5) is 6.72. The molecule has 0 bridgehead atoms. The monoisotopic (exact) mass is 258 g/mol. The van der Waals surface area contributed by atoms with E-state index >= 15 is 0 Å². The second-order valence-corrected chi connectivity index (χ2v) is 5.05. The van der Waals surface area contributed by atoms with Crippen molar-refractivity contribution in [2.24, 2.45) is 0 Å². The number of aliphatic hydroxyl groups excluding tert-OH is 1. The Kier molecular flexibility index (Phi) is 3.12. The van der Waals surface area contributed by atoms with Gasteiger partial charge in [0.2, 0.25) is 0 Å². The summed E-state index contributed by atoms with van der Waals surface area (Å²) in [5, 5.41) is 11.1. The molecular weight excluding hydrogens is 240 g/mol. The van der Waals surface area contributed by atoms with Gasteiger partial charge in [-0.25, -0.2) is 0 Å². The Bertz CT molecular complexity index is 600. The van der Waals surface area contributed by atoms with Crippen LogP contribution >= 0.6 is 0 Å². The molecule has 0 saturated carbocycles. The number of aliphatic hydroxyl groups is 1. The van der Waals surface area contributed by atoms with Gasteiger partial charge in [0.15, 0.2) is 0 Å². The molecule has 0 amide bonds. The molecule has 1 saturated heterocycles. The summed E-state index contributed by atoms with van der Waals surface area (Å²) in [6, 6.07) is 10.2. The smallest absolute Gasteiger partial charge is 0.102 e. The van der Waals surface area contributed by atoms with Crippen molar-refractivity contribution in [1.82, 2.24) is 4.98 Å². The first-order valence-corrected chi connectivity index (χ1v) is 6.51. The predicted octanol–water partition coefficient (Wildman–Crippen LogP) is 1.74. The molecule has 4 nitrogen and oxygen atoms in total. The predicted molar refractivity (Wildman–Crippen MR) is 75.5 cm³/mol. The lowest BCUT2D eigenvalue weighted by atomic mass is 10.1. The maximum atomic E-state index is 9.98. The average molecular weight is 258 g/mol. The topological polar surface area (TPSA) is 45.6 Å². The number of hydrogen-bond acceptors (Lipinski definition) is 4. The maximum Gasteiger partial charge on any atom is 0.102 e. The first kappa shape index (κ1) is 12.4. The number of benzene rings is 1. The number of aryl methyl sites for hydroxylation is 1. The van der Waals surface area contributed by atoms with Crippen molar-refractivity contribution in [3.63, 3.8) is 0 Å². The Hall–Kier alpha value is -1.65. The van der Waals surface area contributed by atoms with E-state index in [0.29, 0.717) is 13.1 Å². The molecule has 1 aliphatic heterocycles. The van der Waals surface area contributed by atoms with Gasteiger partial charge in [0, 0.05) is 37.0 Å². The Morgan fingerprint density at radius 3 is 2.84 bits per heavy atom. The van der Waals surface area contributed by atoms with Gasteiger partial charge in [-0.3, -0.25) is 4.98 Å². The summed E-state index contributed by atoms with van der Waals surface area (Å²) in [5.41, 5.74) is 3.11. The van der Waals surface area contributed by atoms with Crippen molar-refractivity contribution in [1.29, 1.82) is 0 Å². The number of β-amino-alcohol motifs (C(OH)–C–C–N with tert-alkyl or cyclic N) is 1. The molecule has 0 radical (unpaired) electrons. The number of rotatable bonds is 2.